The Kier molecular flexibility index (Phi) is 4.98. The molecule has 0 aliphatic carbocycles. The van der Waals surface area contributed by atoms with E-state index in [4.69, 9.17) is 0 Å². The number of hydrogen-bond acceptors (Lipinski definition) is 3. The lowest BCUT2D eigenvalue weighted by Gasteiger charge is -2.13. The summed E-state index contributed by atoms with van der Waals surface area (Å²) in [5.41, 5.74) is 4.44. The molecule has 1 aromatic heterocycles. The van der Waals surface area contributed by atoms with E-state index >= 15 is 0 Å². The largest absolute Gasteiger partial charge is 0.396 e. The summed E-state index contributed by atoms with van der Waals surface area (Å²) < 4.78 is 38.6. The van der Waals surface area contributed by atoms with E-state index in [0.29, 0.717) is 6.42 Å². The fourth-order valence-electron chi connectivity index (χ4n) is 3.04. The van der Waals surface area contributed by atoms with E-state index in [-0.39, 0.29) is 17.3 Å². The van der Waals surface area contributed by atoms with Gasteiger partial charge in [0.2, 0.25) is 0 Å². The summed E-state index contributed by atoms with van der Waals surface area (Å²) in [7, 11) is -3.26. The van der Waals surface area contributed by atoms with E-state index in [1.54, 1.807) is 36.4 Å². The lowest BCUT2D eigenvalue weighted by Crippen LogP contribution is -2.01. The zero-order chi connectivity index (χ0) is 18.9. The molecule has 3 aromatic rings. The highest BCUT2D eigenvalue weighted by Gasteiger charge is 2.16. The summed E-state index contributed by atoms with van der Waals surface area (Å²) in [5.74, 6) is -0.312. The highest BCUT2D eigenvalue weighted by Crippen LogP contribution is 2.30. The van der Waals surface area contributed by atoms with Crippen LogP contribution < -0.4 is 0 Å². The molecule has 0 radical (unpaired) electrons. The van der Waals surface area contributed by atoms with Crippen molar-refractivity contribution >= 4 is 9.84 Å². The minimum Gasteiger partial charge on any atom is -0.396 e. The second-order valence-electron chi connectivity index (χ2n) is 6.22. The molecule has 0 bridgehead atoms. The molecule has 26 heavy (non-hydrogen) atoms. The lowest BCUT2D eigenvalue weighted by atomic mass is 10.1. The van der Waals surface area contributed by atoms with E-state index < -0.39 is 9.84 Å². The standard InChI is InChI=1S/C20H20FNO3S/c1-14-16(11-12-23)13-20(22(14)18-7-5-17(21)6-8-18)15-3-9-19(10-4-15)26(2,24)25/h3-10,13,23H,11-12H2,1-2H3. The van der Waals surface area contributed by atoms with E-state index in [0.717, 1.165) is 28.2 Å². The maximum Gasteiger partial charge on any atom is 0.175 e. The number of aliphatic hydroxyl groups excluding tert-OH is 1. The summed E-state index contributed by atoms with van der Waals surface area (Å²) in [6.45, 7) is 1.98. The van der Waals surface area contributed by atoms with E-state index in [1.807, 2.05) is 17.6 Å². The predicted molar refractivity (Wildman–Crippen MR) is 99.8 cm³/mol. The van der Waals surface area contributed by atoms with Crippen molar-refractivity contribution in [1.82, 2.24) is 4.57 Å². The maximum absolute atomic E-state index is 13.3. The molecule has 0 unspecified atom stereocenters. The minimum absolute atomic E-state index is 0.0285. The van der Waals surface area contributed by atoms with Gasteiger partial charge in [0.25, 0.3) is 0 Å². The molecule has 0 saturated heterocycles. The Morgan fingerprint density at radius 3 is 2.19 bits per heavy atom. The number of rotatable bonds is 5. The van der Waals surface area contributed by atoms with Crippen LogP contribution in [0.25, 0.3) is 16.9 Å². The molecule has 0 spiro atoms. The number of halogens is 1. The monoisotopic (exact) mass is 373 g/mol. The van der Waals surface area contributed by atoms with Gasteiger partial charge in [0.15, 0.2) is 9.84 Å². The van der Waals surface area contributed by atoms with Crippen LogP contribution in [-0.4, -0.2) is 31.0 Å². The minimum atomic E-state index is -3.26. The van der Waals surface area contributed by atoms with E-state index in [1.165, 1.54) is 18.4 Å². The Labute approximate surface area is 152 Å². The van der Waals surface area contributed by atoms with Crippen molar-refractivity contribution in [1.29, 1.82) is 0 Å². The lowest BCUT2D eigenvalue weighted by molar-refractivity contribution is 0.299. The zero-order valence-electron chi connectivity index (χ0n) is 14.6. The third-order valence-electron chi connectivity index (χ3n) is 4.40. The molecule has 1 N–H and O–H groups in total. The van der Waals surface area contributed by atoms with Crippen LogP contribution in [0.15, 0.2) is 59.5 Å². The van der Waals surface area contributed by atoms with Crippen molar-refractivity contribution in [2.45, 2.75) is 18.2 Å². The van der Waals surface area contributed by atoms with Gasteiger partial charge in [-0.05, 0) is 66.9 Å². The average molecular weight is 373 g/mol. The van der Waals surface area contributed by atoms with Gasteiger partial charge in [0.05, 0.1) is 10.6 Å². The average Bonchev–Trinajstić information content (AvgIpc) is 2.92. The normalized spacial score (nSPS) is 11.7. The summed E-state index contributed by atoms with van der Waals surface area (Å²) in [6.07, 6.45) is 1.68. The van der Waals surface area contributed by atoms with Gasteiger partial charge in [0, 0.05) is 24.2 Å². The molecular formula is C20H20FNO3S. The van der Waals surface area contributed by atoms with Gasteiger partial charge in [-0.25, -0.2) is 12.8 Å². The molecule has 0 aliphatic rings. The quantitative estimate of drug-likeness (QED) is 0.744. The Hall–Kier alpha value is -2.44. The van der Waals surface area contributed by atoms with Crippen molar-refractivity contribution in [3.05, 3.63) is 71.7 Å². The topological polar surface area (TPSA) is 59.3 Å². The van der Waals surface area contributed by atoms with Crippen molar-refractivity contribution in [3.8, 4) is 16.9 Å². The second kappa shape index (κ2) is 7.05. The van der Waals surface area contributed by atoms with Crippen molar-refractivity contribution in [3.63, 3.8) is 0 Å². The van der Waals surface area contributed by atoms with Gasteiger partial charge in [-0.3, -0.25) is 0 Å². The Morgan fingerprint density at radius 2 is 1.65 bits per heavy atom. The third kappa shape index (κ3) is 3.57. The molecule has 6 heteroatoms. The van der Waals surface area contributed by atoms with Crippen molar-refractivity contribution < 1.29 is 17.9 Å². The first-order chi connectivity index (χ1) is 12.3. The van der Waals surface area contributed by atoms with Gasteiger partial charge in [-0.1, -0.05) is 12.1 Å². The number of hydrogen-bond donors (Lipinski definition) is 1. The molecule has 4 nitrogen and oxygen atoms in total. The first kappa shape index (κ1) is 18.4. The molecule has 136 valence electrons. The number of aliphatic hydroxyl groups is 1. The molecular weight excluding hydrogens is 353 g/mol. The Bertz CT molecular complexity index is 1020. The molecule has 0 saturated carbocycles. The molecule has 0 aliphatic heterocycles. The van der Waals surface area contributed by atoms with Crippen LogP contribution in [0.3, 0.4) is 0 Å². The van der Waals surface area contributed by atoms with Crippen LogP contribution >= 0.6 is 0 Å². The molecule has 3 rings (SSSR count). The van der Waals surface area contributed by atoms with E-state index in [2.05, 4.69) is 0 Å². The summed E-state index contributed by atoms with van der Waals surface area (Å²) in [5, 5.41) is 9.32. The maximum atomic E-state index is 13.3. The number of nitrogens with zero attached hydrogens (tertiary/aromatic N) is 1. The Balaban J connectivity index is 2.17. The van der Waals surface area contributed by atoms with E-state index in [9.17, 15) is 17.9 Å². The SMILES string of the molecule is Cc1c(CCO)cc(-c2ccc(S(C)(=O)=O)cc2)n1-c1ccc(F)cc1. The number of aromatic nitrogens is 1. The van der Waals surface area contributed by atoms with Crippen molar-refractivity contribution in [2.24, 2.45) is 0 Å². The first-order valence-corrected chi connectivity index (χ1v) is 10.1. The second-order valence-corrected chi connectivity index (χ2v) is 8.24. The van der Waals surface area contributed by atoms with Crippen LogP contribution in [0.4, 0.5) is 4.39 Å². The zero-order valence-corrected chi connectivity index (χ0v) is 15.4. The smallest absolute Gasteiger partial charge is 0.175 e. The molecule has 0 fully saturated rings. The molecule has 2 aromatic carbocycles. The summed E-state index contributed by atoms with van der Waals surface area (Å²) in [4.78, 5) is 0.258. The molecule has 0 amide bonds. The van der Waals surface area contributed by atoms with Crippen LogP contribution in [0, 0.1) is 12.7 Å². The Morgan fingerprint density at radius 1 is 1.04 bits per heavy atom. The summed E-state index contributed by atoms with van der Waals surface area (Å²) in [6, 6.07) is 14.8. The van der Waals surface area contributed by atoms with Crippen molar-refractivity contribution in [2.75, 3.05) is 12.9 Å². The predicted octanol–water partition coefficient (Wildman–Crippen LogP) is 3.53. The van der Waals surface area contributed by atoms with Crippen LogP contribution in [0.2, 0.25) is 0 Å². The highest BCUT2D eigenvalue weighted by molar-refractivity contribution is 7.90. The number of benzene rings is 2. The molecule has 1 heterocycles. The van der Waals surface area contributed by atoms with Gasteiger partial charge in [-0.15, -0.1) is 0 Å². The fourth-order valence-corrected chi connectivity index (χ4v) is 3.67. The van der Waals surface area contributed by atoms with Gasteiger partial charge >= 0.3 is 0 Å². The third-order valence-corrected chi connectivity index (χ3v) is 5.52. The van der Waals surface area contributed by atoms with Crippen LogP contribution in [-0.2, 0) is 16.3 Å². The molecule has 0 atom stereocenters. The van der Waals surface area contributed by atoms with Gasteiger partial charge in [0.1, 0.15) is 5.82 Å². The highest BCUT2D eigenvalue weighted by atomic mass is 32.2. The summed E-state index contributed by atoms with van der Waals surface area (Å²) >= 11 is 0. The fraction of sp³-hybridized carbons (Fsp3) is 0.200. The number of sulfone groups is 1. The van der Waals surface area contributed by atoms with Crippen LogP contribution in [0.1, 0.15) is 11.3 Å². The van der Waals surface area contributed by atoms with Gasteiger partial charge in [-0.2, -0.15) is 0 Å². The van der Waals surface area contributed by atoms with Gasteiger partial charge < -0.3 is 9.67 Å². The first-order valence-electron chi connectivity index (χ1n) is 8.20. The van der Waals surface area contributed by atoms with Crippen LogP contribution in [0.5, 0.6) is 0 Å².